The highest BCUT2D eigenvalue weighted by Crippen LogP contribution is 2.14. The molecule has 1 heterocycles. The number of aromatic nitrogens is 1. The second-order valence-corrected chi connectivity index (χ2v) is 4.39. The van der Waals surface area contributed by atoms with Gasteiger partial charge in [-0.1, -0.05) is 20.8 Å². The Kier molecular flexibility index (Phi) is 5.26. The van der Waals surface area contributed by atoms with E-state index >= 15 is 0 Å². The van der Waals surface area contributed by atoms with E-state index in [1.165, 1.54) is 0 Å². The van der Waals surface area contributed by atoms with Crippen LogP contribution in [0.3, 0.4) is 0 Å². The van der Waals surface area contributed by atoms with Crippen LogP contribution in [0.4, 0.5) is 0 Å². The summed E-state index contributed by atoms with van der Waals surface area (Å²) in [6.07, 6.45) is 1.96. The molecule has 1 rings (SSSR count). The molecular formula is C13H22N2O. The average Bonchev–Trinajstić information content (AvgIpc) is 2.28. The normalized spacial score (nSPS) is 10.8. The molecule has 0 spiro atoms. The highest BCUT2D eigenvalue weighted by atomic mass is 16.5. The van der Waals surface area contributed by atoms with Gasteiger partial charge in [0, 0.05) is 18.3 Å². The maximum absolute atomic E-state index is 5.64. The van der Waals surface area contributed by atoms with Crippen LogP contribution in [-0.2, 0) is 13.0 Å². The summed E-state index contributed by atoms with van der Waals surface area (Å²) in [7, 11) is 0. The Hall–Kier alpha value is -1.09. The van der Waals surface area contributed by atoms with Crippen molar-refractivity contribution >= 4 is 0 Å². The lowest BCUT2D eigenvalue weighted by Crippen LogP contribution is -2.05. The molecule has 16 heavy (non-hydrogen) atoms. The number of aryl methyl sites for hydroxylation is 1. The van der Waals surface area contributed by atoms with Crippen LogP contribution in [0.5, 0.6) is 5.88 Å². The monoisotopic (exact) mass is 222 g/mol. The molecule has 1 aromatic rings. The van der Waals surface area contributed by atoms with Gasteiger partial charge in [-0.15, -0.1) is 0 Å². The molecule has 2 N–H and O–H groups in total. The minimum absolute atomic E-state index is 0.538. The van der Waals surface area contributed by atoms with Crippen LogP contribution in [0.15, 0.2) is 12.1 Å². The van der Waals surface area contributed by atoms with Crippen molar-refractivity contribution in [2.45, 2.75) is 40.2 Å². The Morgan fingerprint density at radius 1 is 1.38 bits per heavy atom. The fourth-order valence-corrected chi connectivity index (χ4v) is 1.39. The molecule has 0 fully saturated rings. The van der Waals surface area contributed by atoms with Gasteiger partial charge in [-0.05, 0) is 30.4 Å². The van der Waals surface area contributed by atoms with Crippen LogP contribution >= 0.6 is 0 Å². The van der Waals surface area contributed by atoms with Crippen molar-refractivity contribution in [2.24, 2.45) is 11.7 Å². The first-order valence-corrected chi connectivity index (χ1v) is 5.98. The summed E-state index contributed by atoms with van der Waals surface area (Å²) in [5.41, 5.74) is 7.77. The molecule has 0 radical (unpaired) electrons. The summed E-state index contributed by atoms with van der Waals surface area (Å²) in [5, 5.41) is 0. The molecule has 3 heteroatoms. The van der Waals surface area contributed by atoms with Crippen LogP contribution in [0.25, 0.3) is 0 Å². The number of hydrogen-bond donors (Lipinski definition) is 1. The Labute approximate surface area is 98.0 Å². The molecular weight excluding hydrogens is 200 g/mol. The number of nitrogens with two attached hydrogens (primary N) is 1. The standard InChI is InChI=1S/C13H22N2O/c1-4-12-7-11(9-14)8-13(15-12)16-6-5-10(2)3/h7-8,10H,4-6,9,14H2,1-3H3. The zero-order valence-corrected chi connectivity index (χ0v) is 10.5. The van der Waals surface area contributed by atoms with Gasteiger partial charge in [0.25, 0.3) is 0 Å². The third-order valence-corrected chi connectivity index (χ3v) is 2.46. The zero-order chi connectivity index (χ0) is 12.0. The van der Waals surface area contributed by atoms with Crippen molar-refractivity contribution in [2.75, 3.05) is 6.61 Å². The van der Waals surface area contributed by atoms with Gasteiger partial charge in [0.2, 0.25) is 5.88 Å². The lowest BCUT2D eigenvalue weighted by Gasteiger charge is -2.09. The van der Waals surface area contributed by atoms with Crippen molar-refractivity contribution in [3.63, 3.8) is 0 Å². The van der Waals surface area contributed by atoms with Gasteiger partial charge in [0.1, 0.15) is 0 Å². The topological polar surface area (TPSA) is 48.1 Å². The molecule has 0 aliphatic rings. The van der Waals surface area contributed by atoms with Crippen molar-refractivity contribution in [1.29, 1.82) is 0 Å². The lowest BCUT2D eigenvalue weighted by atomic mass is 10.1. The van der Waals surface area contributed by atoms with Gasteiger partial charge in [0.05, 0.1) is 6.61 Å². The number of hydrogen-bond acceptors (Lipinski definition) is 3. The molecule has 0 aliphatic heterocycles. The predicted octanol–water partition coefficient (Wildman–Crippen LogP) is 2.53. The van der Waals surface area contributed by atoms with Gasteiger partial charge in [-0.3, -0.25) is 0 Å². The molecule has 0 bridgehead atoms. The SMILES string of the molecule is CCc1cc(CN)cc(OCCC(C)C)n1. The van der Waals surface area contributed by atoms with E-state index in [0.29, 0.717) is 18.3 Å². The van der Waals surface area contributed by atoms with Gasteiger partial charge in [-0.2, -0.15) is 0 Å². The number of rotatable bonds is 6. The minimum atomic E-state index is 0.538. The van der Waals surface area contributed by atoms with E-state index in [9.17, 15) is 0 Å². The summed E-state index contributed by atoms with van der Waals surface area (Å²) in [6.45, 7) is 7.72. The molecule has 0 aliphatic carbocycles. The first-order chi connectivity index (χ1) is 7.65. The smallest absolute Gasteiger partial charge is 0.213 e. The van der Waals surface area contributed by atoms with Crippen LogP contribution in [0, 0.1) is 5.92 Å². The van der Waals surface area contributed by atoms with Gasteiger partial charge in [-0.25, -0.2) is 4.98 Å². The summed E-state index contributed by atoms with van der Waals surface area (Å²) < 4.78 is 5.64. The molecule has 1 aromatic heterocycles. The van der Waals surface area contributed by atoms with E-state index in [-0.39, 0.29) is 0 Å². The Balaban J connectivity index is 2.64. The van der Waals surface area contributed by atoms with Crippen LogP contribution in [0.1, 0.15) is 38.4 Å². The van der Waals surface area contributed by atoms with Crippen molar-refractivity contribution < 1.29 is 4.74 Å². The first-order valence-electron chi connectivity index (χ1n) is 5.98. The van der Waals surface area contributed by atoms with E-state index in [2.05, 4.69) is 25.8 Å². The van der Waals surface area contributed by atoms with E-state index in [1.807, 2.05) is 12.1 Å². The maximum atomic E-state index is 5.64. The van der Waals surface area contributed by atoms with Gasteiger partial charge in [0.15, 0.2) is 0 Å². The molecule has 3 nitrogen and oxygen atoms in total. The third kappa shape index (κ3) is 4.19. The molecule has 0 unspecified atom stereocenters. The van der Waals surface area contributed by atoms with E-state index in [0.717, 1.165) is 30.7 Å². The number of ether oxygens (including phenoxy) is 1. The Bertz CT molecular complexity index is 301. The minimum Gasteiger partial charge on any atom is -0.478 e. The van der Waals surface area contributed by atoms with Crippen molar-refractivity contribution in [3.05, 3.63) is 23.4 Å². The Morgan fingerprint density at radius 2 is 2.12 bits per heavy atom. The molecule has 0 amide bonds. The second-order valence-electron chi connectivity index (χ2n) is 4.39. The fourth-order valence-electron chi connectivity index (χ4n) is 1.39. The molecule has 0 atom stereocenters. The van der Waals surface area contributed by atoms with E-state index < -0.39 is 0 Å². The Morgan fingerprint density at radius 3 is 2.69 bits per heavy atom. The average molecular weight is 222 g/mol. The predicted molar refractivity (Wildman–Crippen MR) is 66.5 cm³/mol. The summed E-state index contributed by atoms with van der Waals surface area (Å²) in [4.78, 5) is 4.42. The molecule has 0 saturated carbocycles. The summed E-state index contributed by atoms with van der Waals surface area (Å²) in [6, 6.07) is 3.97. The second kappa shape index (κ2) is 6.48. The largest absolute Gasteiger partial charge is 0.478 e. The number of nitrogens with zero attached hydrogens (tertiary/aromatic N) is 1. The highest BCUT2D eigenvalue weighted by Gasteiger charge is 2.02. The van der Waals surface area contributed by atoms with Crippen molar-refractivity contribution in [1.82, 2.24) is 4.98 Å². The van der Waals surface area contributed by atoms with Crippen molar-refractivity contribution in [3.8, 4) is 5.88 Å². The fraction of sp³-hybridized carbons (Fsp3) is 0.615. The third-order valence-electron chi connectivity index (χ3n) is 2.46. The summed E-state index contributed by atoms with van der Waals surface area (Å²) in [5.74, 6) is 1.36. The molecule has 0 aromatic carbocycles. The molecule has 0 saturated heterocycles. The highest BCUT2D eigenvalue weighted by molar-refractivity contribution is 5.25. The van der Waals surface area contributed by atoms with E-state index in [4.69, 9.17) is 10.5 Å². The number of pyridine rings is 1. The maximum Gasteiger partial charge on any atom is 0.213 e. The van der Waals surface area contributed by atoms with Crippen LogP contribution < -0.4 is 10.5 Å². The quantitative estimate of drug-likeness (QED) is 0.804. The summed E-state index contributed by atoms with van der Waals surface area (Å²) >= 11 is 0. The van der Waals surface area contributed by atoms with Crippen LogP contribution in [-0.4, -0.2) is 11.6 Å². The first kappa shape index (κ1) is 13.0. The molecule has 90 valence electrons. The lowest BCUT2D eigenvalue weighted by molar-refractivity contribution is 0.278. The van der Waals surface area contributed by atoms with Gasteiger partial charge < -0.3 is 10.5 Å². The zero-order valence-electron chi connectivity index (χ0n) is 10.5. The van der Waals surface area contributed by atoms with Gasteiger partial charge >= 0.3 is 0 Å². The van der Waals surface area contributed by atoms with E-state index in [1.54, 1.807) is 0 Å². The van der Waals surface area contributed by atoms with Crippen LogP contribution in [0.2, 0.25) is 0 Å².